The Morgan fingerprint density at radius 2 is 2.16 bits per heavy atom. The summed E-state index contributed by atoms with van der Waals surface area (Å²) in [7, 11) is 0. The van der Waals surface area contributed by atoms with Gasteiger partial charge < -0.3 is 15.1 Å². The molecule has 2 N–H and O–H groups in total. The monoisotopic (exact) mass is 286 g/mol. The van der Waals surface area contributed by atoms with Crippen LogP contribution in [0.5, 0.6) is 0 Å². The number of nitrogens with zero attached hydrogens (tertiary/aromatic N) is 2. The summed E-state index contributed by atoms with van der Waals surface area (Å²) in [6, 6.07) is -0.533. The summed E-state index contributed by atoms with van der Waals surface area (Å²) in [5, 5.41) is 12.7. The van der Waals surface area contributed by atoms with Gasteiger partial charge in [0.1, 0.15) is 6.04 Å². The van der Waals surface area contributed by atoms with Crippen molar-refractivity contribution in [3.8, 4) is 0 Å². The number of carbonyl (C=O) groups excluding carboxylic acids is 2. The Labute approximate surface area is 115 Å². The Balaban J connectivity index is 2.48. The predicted molar refractivity (Wildman–Crippen MR) is 71.5 cm³/mol. The summed E-state index contributed by atoms with van der Waals surface area (Å²) < 4.78 is 5.15. The van der Waals surface area contributed by atoms with Gasteiger partial charge in [-0.05, 0) is 18.4 Å². The summed E-state index contributed by atoms with van der Waals surface area (Å²) in [5.74, 6) is 1.11. The molecule has 1 rings (SSSR count). The summed E-state index contributed by atoms with van der Waals surface area (Å²) in [5.41, 5.74) is 0. The molecule has 19 heavy (non-hydrogen) atoms. The van der Waals surface area contributed by atoms with Gasteiger partial charge in [-0.2, -0.15) is 11.8 Å². The molecule has 0 aromatic carbocycles. The van der Waals surface area contributed by atoms with E-state index in [0.717, 1.165) is 5.75 Å². The quantitative estimate of drug-likeness (QED) is 0.746. The van der Waals surface area contributed by atoms with Crippen LogP contribution < -0.4 is 10.6 Å². The summed E-state index contributed by atoms with van der Waals surface area (Å²) in [6.07, 6.45) is 2.53. The van der Waals surface area contributed by atoms with Crippen molar-refractivity contribution in [1.82, 2.24) is 20.8 Å². The molecule has 2 amide bonds. The smallest absolute Gasteiger partial charge is 0.243 e. The molecular formula is C11H18N4O3S. The van der Waals surface area contributed by atoms with Crippen molar-refractivity contribution in [2.45, 2.75) is 32.9 Å². The summed E-state index contributed by atoms with van der Waals surface area (Å²) in [4.78, 5) is 23.0. The topological polar surface area (TPSA) is 97.1 Å². The minimum absolute atomic E-state index is 0.162. The van der Waals surface area contributed by atoms with E-state index in [9.17, 15) is 9.59 Å². The van der Waals surface area contributed by atoms with E-state index in [4.69, 9.17) is 4.42 Å². The second kappa shape index (κ2) is 7.78. The number of thioether (sulfide) groups is 1. The first-order chi connectivity index (χ1) is 9.02. The van der Waals surface area contributed by atoms with Crippen LogP contribution in [0.3, 0.4) is 0 Å². The highest BCUT2D eigenvalue weighted by atomic mass is 32.2. The van der Waals surface area contributed by atoms with Gasteiger partial charge >= 0.3 is 0 Å². The lowest BCUT2D eigenvalue weighted by Crippen LogP contribution is -2.46. The molecule has 0 radical (unpaired) electrons. The van der Waals surface area contributed by atoms with Crippen LogP contribution in [-0.4, -0.2) is 40.1 Å². The van der Waals surface area contributed by atoms with Crippen LogP contribution in [-0.2, 0) is 16.1 Å². The Hall–Kier alpha value is -1.57. The standard InChI is InChI=1S/C11H18N4O3S/c1-7(16)13-9(4-5-19-3)11(17)12-6-10-15-14-8(2)18-10/h9H,4-6H2,1-3H3,(H,12,17)(H,13,16)/t9-/m0/s1. The van der Waals surface area contributed by atoms with E-state index in [1.54, 1.807) is 18.7 Å². The third-order valence-corrected chi connectivity index (χ3v) is 2.93. The Kier molecular flexibility index (Phi) is 6.34. The van der Waals surface area contributed by atoms with Crippen LogP contribution in [0.15, 0.2) is 4.42 Å². The first kappa shape index (κ1) is 15.5. The third kappa shape index (κ3) is 5.73. The number of nitrogens with one attached hydrogen (secondary N) is 2. The van der Waals surface area contributed by atoms with E-state index in [1.807, 2.05) is 6.26 Å². The Morgan fingerprint density at radius 3 is 2.68 bits per heavy atom. The van der Waals surface area contributed by atoms with Gasteiger partial charge in [0.2, 0.25) is 23.6 Å². The Bertz CT molecular complexity index is 435. The molecule has 106 valence electrons. The van der Waals surface area contributed by atoms with Gasteiger partial charge in [0, 0.05) is 13.8 Å². The molecular weight excluding hydrogens is 268 g/mol. The molecule has 0 aliphatic heterocycles. The second-order valence-electron chi connectivity index (χ2n) is 3.97. The van der Waals surface area contributed by atoms with Gasteiger partial charge in [-0.15, -0.1) is 10.2 Å². The van der Waals surface area contributed by atoms with Crippen LogP contribution in [0.2, 0.25) is 0 Å². The molecule has 0 bridgehead atoms. The lowest BCUT2D eigenvalue weighted by Gasteiger charge is -2.16. The molecule has 0 fully saturated rings. The first-order valence-electron chi connectivity index (χ1n) is 5.85. The van der Waals surface area contributed by atoms with E-state index in [1.165, 1.54) is 6.92 Å². The molecule has 1 aromatic rings. The third-order valence-electron chi connectivity index (χ3n) is 2.29. The number of carbonyl (C=O) groups is 2. The molecule has 1 heterocycles. The van der Waals surface area contributed by atoms with Gasteiger partial charge in [0.25, 0.3) is 0 Å². The van der Waals surface area contributed by atoms with Crippen LogP contribution in [0, 0.1) is 6.92 Å². The average molecular weight is 286 g/mol. The van der Waals surface area contributed by atoms with Crippen molar-refractivity contribution in [3.05, 3.63) is 11.8 Å². The highest BCUT2D eigenvalue weighted by molar-refractivity contribution is 7.98. The SMILES string of the molecule is CSCC[C@H](NC(C)=O)C(=O)NCc1nnc(C)o1. The van der Waals surface area contributed by atoms with Crippen LogP contribution in [0.25, 0.3) is 0 Å². The highest BCUT2D eigenvalue weighted by Crippen LogP contribution is 2.02. The largest absolute Gasteiger partial charge is 0.424 e. The number of hydrogen-bond acceptors (Lipinski definition) is 6. The fourth-order valence-corrected chi connectivity index (χ4v) is 1.92. The fraction of sp³-hybridized carbons (Fsp3) is 0.636. The molecule has 0 saturated carbocycles. The average Bonchev–Trinajstić information content (AvgIpc) is 2.77. The molecule has 0 saturated heterocycles. The zero-order valence-corrected chi connectivity index (χ0v) is 12.0. The van der Waals surface area contributed by atoms with Gasteiger partial charge in [0.05, 0.1) is 6.54 Å². The molecule has 0 aliphatic carbocycles. The van der Waals surface area contributed by atoms with Crippen molar-refractivity contribution in [1.29, 1.82) is 0 Å². The minimum Gasteiger partial charge on any atom is -0.424 e. The molecule has 0 unspecified atom stereocenters. The van der Waals surface area contributed by atoms with Crippen LogP contribution in [0.1, 0.15) is 25.1 Å². The minimum atomic E-state index is -0.533. The molecule has 8 heteroatoms. The Morgan fingerprint density at radius 1 is 1.42 bits per heavy atom. The van der Waals surface area contributed by atoms with Crippen molar-refractivity contribution in [3.63, 3.8) is 0 Å². The number of amides is 2. The zero-order chi connectivity index (χ0) is 14.3. The summed E-state index contributed by atoms with van der Waals surface area (Å²) in [6.45, 7) is 3.23. The van der Waals surface area contributed by atoms with E-state index in [0.29, 0.717) is 18.2 Å². The number of hydrogen-bond donors (Lipinski definition) is 2. The predicted octanol–water partition coefficient (Wildman–Crippen LogP) is 0.252. The van der Waals surface area contributed by atoms with Crippen molar-refractivity contribution >= 4 is 23.6 Å². The van der Waals surface area contributed by atoms with E-state index >= 15 is 0 Å². The fourth-order valence-electron chi connectivity index (χ4n) is 1.44. The number of rotatable bonds is 7. The molecule has 1 aromatic heterocycles. The lowest BCUT2D eigenvalue weighted by atomic mass is 10.2. The molecule has 7 nitrogen and oxygen atoms in total. The number of aryl methyl sites for hydroxylation is 1. The lowest BCUT2D eigenvalue weighted by molar-refractivity contribution is -0.128. The van der Waals surface area contributed by atoms with E-state index < -0.39 is 6.04 Å². The normalized spacial score (nSPS) is 11.9. The first-order valence-corrected chi connectivity index (χ1v) is 7.25. The summed E-state index contributed by atoms with van der Waals surface area (Å²) >= 11 is 1.62. The highest BCUT2D eigenvalue weighted by Gasteiger charge is 2.19. The molecule has 0 aliphatic rings. The maximum atomic E-state index is 11.9. The van der Waals surface area contributed by atoms with Gasteiger partial charge in [-0.1, -0.05) is 0 Å². The van der Waals surface area contributed by atoms with Crippen LogP contribution in [0.4, 0.5) is 0 Å². The maximum Gasteiger partial charge on any atom is 0.243 e. The van der Waals surface area contributed by atoms with Gasteiger partial charge in [-0.3, -0.25) is 9.59 Å². The van der Waals surface area contributed by atoms with E-state index in [-0.39, 0.29) is 18.4 Å². The molecule has 0 spiro atoms. The van der Waals surface area contributed by atoms with Crippen molar-refractivity contribution in [2.75, 3.05) is 12.0 Å². The van der Waals surface area contributed by atoms with Gasteiger partial charge in [-0.25, -0.2) is 0 Å². The van der Waals surface area contributed by atoms with Gasteiger partial charge in [0.15, 0.2) is 0 Å². The molecule has 1 atom stereocenters. The van der Waals surface area contributed by atoms with Crippen molar-refractivity contribution < 1.29 is 14.0 Å². The van der Waals surface area contributed by atoms with Crippen molar-refractivity contribution in [2.24, 2.45) is 0 Å². The zero-order valence-electron chi connectivity index (χ0n) is 11.2. The van der Waals surface area contributed by atoms with Crippen LogP contribution >= 0.6 is 11.8 Å². The second-order valence-corrected chi connectivity index (χ2v) is 4.95. The number of aromatic nitrogens is 2. The maximum absolute atomic E-state index is 11.9. The van der Waals surface area contributed by atoms with E-state index in [2.05, 4.69) is 20.8 Å².